The standard InChI is InChI=1S/C21H15N5O2/c1-2-14-4-3-5-16(8-14)26-21-17(11-25-26)20(23-12-24-21)22-10-15-6-7-18-19(9-15)28-13-27-18/h1,3-9,11-12H,10,13H2,(H,22,23,24). The van der Waals surface area contributed by atoms with Crippen LogP contribution in [0.4, 0.5) is 5.82 Å². The normalized spacial score (nSPS) is 12.1. The average Bonchev–Trinajstić information content (AvgIpc) is 3.39. The minimum absolute atomic E-state index is 0.263. The van der Waals surface area contributed by atoms with E-state index in [2.05, 4.69) is 26.3 Å². The number of benzene rings is 2. The molecule has 0 saturated carbocycles. The third kappa shape index (κ3) is 2.77. The predicted octanol–water partition coefficient (Wildman–Crippen LogP) is 3.14. The van der Waals surface area contributed by atoms with E-state index in [1.54, 1.807) is 10.9 Å². The Hall–Kier alpha value is -4.05. The SMILES string of the molecule is C#Cc1cccc(-n2ncc3c(NCc4ccc5c(c4)OCO5)ncnc32)c1. The lowest BCUT2D eigenvalue weighted by Crippen LogP contribution is -2.03. The summed E-state index contributed by atoms with van der Waals surface area (Å²) in [5, 5.41) is 8.65. The van der Waals surface area contributed by atoms with Gasteiger partial charge < -0.3 is 14.8 Å². The van der Waals surface area contributed by atoms with E-state index in [0.29, 0.717) is 18.0 Å². The minimum atomic E-state index is 0.263. The largest absolute Gasteiger partial charge is 0.454 e. The quantitative estimate of drug-likeness (QED) is 0.557. The van der Waals surface area contributed by atoms with Crippen molar-refractivity contribution in [2.24, 2.45) is 0 Å². The van der Waals surface area contributed by atoms with Crippen LogP contribution in [-0.2, 0) is 6.54 Å². The fraction of sp³-hybridized carbons (Fsp3) is 0.0952. The summed E-state index contributed by atoms with van der Waals surface area (Å²) >= 11 is 0. The van der Waals surface area contributed by atoms with E-state index in [-0.39, 0.29) is 6.79 Å². The molecule has 1 aliphatic rings. The van der Waals surface area contributed by atoms with Crippen molar-refractivity contribution in [1.82, 2.24) is 19.7 Å². The Labute approximate surface area is 161 Å². The third-order valence-corrected chi connectivity index (χ3v) is 4.52. The summed E-state index contributed by atoms with van der Waals surface area (Å²) in [5.74, 6) is 4.87. The van der Waals surface area contributed by atoms with Crippen LogP contribution in [0.15, 0.2) is 55.0 Å². The van der Waals surface area contributed by atoms with Crippen molar-refractivity contribution in [3.8, 4) is 29.5 Å². The number of aromatic nitrogens is 4. The molecule has 0 unspecified atom stereocenters. The smallest absolute Gasteiger partial charge is 0.231 e. The van der Waals surface area contributed by atoms with Gasteiger partial charge in [0.2, 0.25) is 6.79 Å². The Morgan fingerprint density at radius 2 is 2.04 bits per heavy atom. The summed E-state index contributed by atoms with van der Waals surface area (Å²) in [5.41, 5.74) is 3.41. The first kappa shape index (κ1) is 16.1. The van der Waals surface area contributed by atoms with Gasteiger partial charge in [-0.1, -0.05) is 18.1 Å². The molecule has 0 bridgehead atoms. The lowest BCUT2D eigenvalue weighted by atomic mass is 10.2. The third-order valence-electron chi connectivity index (χ3n) is 4.52. The fourth-order valence-electron chi connectivity index (χ4n) is 3.14. The van der Waals surface area contributed by atoms with E-state index in [4.69, 9.17) is 15.9 Å². The van der Waals surface area contributed by atoms with Gasteiger partial charge in [-0.15, -0.1) is 6.42 Å². The maximum atomic E-state index is 5.51. The van der Waals surface area contributed by atoms with E-state index in [1.165, 1.54) is 6.33 Å². The van der Waals surface area contributed by atoms with Crippen LogP contribution in [0, 0.1) is 12.3 Å². The molecule has 7 nitrogen and oxygen atoms in total. The molecule has 0 amide bonds. The molecule has 28 heavy (non-hydrogen) atoms. The maximum absolute atomic E-state index is 5.51. The second-order valence-corrected chi connectivity index (χ2v) is 6.25. The van der Waals surface area contributed by atoms with Crippen LogP contribution in [0.3, 0.4) is 0 Å². The van der Waals surface area contributed by atoms with Crippen LogP contribution in [0.25, 0.3) is 16.7 Å². The highest BCUT2D eigenvalue weighted by molar-refractivity contribution is 5.87. The lowest BCUT2D eigenvalue weighted by molar-refractivity contribution is 0.174. The molecule has 0 spiro atoms. The van der Waals surface area contributed by atoms with Gasteiger partial charge in [0.1, 0.15) is 12.1 Å². The first-order valence-electron chi connectivity index (χ1n) is 8.70. The Morgan fingerprint density at radius 3 is 2.96 bits per heavy atom. The van der Waals surface area contributed by atoms with Crippen LogP contribution in [-0.4, -0.2) is 26.5 Å². The molecular formula is C21H15N5O2. The van der Waals surface area contributed by atoms with Crippen LogP contribution in [0.1, 0.15) is 11.1 Å². The van der Waals surface area contributed by atoms with Crippen molar-refractivity contribution in [3.63, 3.8) is 0 Å². The minimum Gasteiger partial charge on any atom is -0.454 e. The second kappa shape index (κ2) is 6.59. The molecular weight excluding hydrogens is 354 g/mol. The molecule has 1 N–H and O–H groups in total. The number of ether oxygens (including phenoxy) is 2. The van der Waals surface area contributed by atoms with E-state index >= 15 is 0 Å². The van der Waals surface area contributed by atoms with Gasteiger partial charge >= 0.3 is 0 Å². The first-order chi connectivity index (χ1) is 13.8. The maximum Gasteiger partial charge on any atom is 0.231 e. The van der Waals surface area contributed by atoms with E-state index in [9.17, 15) is 0 Å². The predicted molar refractivity (Wildman–Crippen MR) is 104 cm³/mol. The van der Waals surface area contributed by atoms with Gasteiger partial charge in [0.05, 0.1) is 17.3 Å². The molecule has 7 heteroatoms. The van der Waals surface area contributed by atoms with Gasteiger partial charge in [-0.25, -0.2) is 14.6 Å². The molecule has 2 aromatic heterocycles. The number of anilines is 1. The van der Waals surface area contributed by atoms with Gasteiger partial charge in [0, 0.05) is 12.1 Å². The van der Waals surface area contributed by atoms with Gasteiger partial charge in [-0.05, 0) is 35.9 Å². The van der Waals surface area contributed by atoms with Crippen LogP contribution in [0.2, 0.25) is 0 Å². The Balaban J connectivity index is 1.44. The molecule has 136 valence electrons. The molecule has 4 aromatic rings. The topological polar surface area (TPSA) is 74.1 Å². The van der Waals surface area contributed by atoms with Crippen molar-refractivity contribution in [2.45, 2.75) is 6.54 Å². The number of hydrogen-bond acceptors (Lipinski definition) is 6. The highest BCUT2D eigenvalue weighted by Gasteiger charge is 2.14. The number of nitrogens with one attached hydrogen (secondary N) is 1. The van der Waals surface area contributed by atoms with Gasteiger partial charge in [0.15, 0.2) is 17.1 Å². The zero-order valence-electron chi connectivity index (χ0n) is 14.8. The molecule has 0 saturated heterocycles. The van der Waals surface area contributed by atoms with Crippen molar-refractivity contribution in [2.75, 3.05) is 12.1 Å². The molecule has 2 aromatic carbocycles. The average molecular weight is 369 g/mol. The van der Waals surface area contributed by atoms with Gasteiger partial charge in [-0.3, -0.25) is 0 Å². The van der Waals surface area contributed by atoms with E-state index in [0.717, 1.165) is 33.7 Å². The van der Waals surface area contributed by atoms with Crippen LogP contribution >= 0.6 is 0 Å². The van der Waals surface area contributed by atoms with Crippen LogP contribution < -0.4 is 14.8 Å². The zero-order chi connectivity index (χ0) is 18.9. The van der Waals surface area contributed by atoms with Crippen molar-refractivity contribution in [1.29, 1.82) is 0 Å². The number of hydrogen-bond donors (Lipinski definition) is 1. The highest BCUT2D eigenvalue weighted by Crippen LogP contribution is 2.32. The van der Waals surface area contributed by atoms with Gasteiger partial charge in [-0.2, -0.15) is 5.10 Å². The first-order valence-corrected chi connectivity index (χ1v) is 8.70. The molecule has 1 aliphatic heterocycles. The number of nitrogens with zero attached hydrogens (tertiary/aromatic N) is 4. The van der Waals surface area contributed by atoms with E-state index < -0.39 is 0 Å². The summed E-state index contributed by atoms with van der Waals surface area (Å²) in [6, 6.07) is 13.5. The molecule has 0 fully saturated rings. The molecule has 0 radical (unpaired) electrons. The highest BCUT2D eigenvalue weighted by atomic mass is 16.7. The van der Waals surface area contributed by atoms with Crippen molar-refractivity contribution < 1.29 is 9.47 Å². The van der Waals surface area contributed by atoms with Crippen molar-refractivity contribution >= 4 is 16.9 Å². The molecule has 0 aliphatic carbocycles. The van der Waals surface area contributed by atoms with E-state index in [1.807, 2.05) is 42.5 Å². The summed E-state index contributed by atoms with van der Waals surface area (Å²) in [6.07, 6.45) is 8.78. The number of fused-ring (bicyclic) bond motifs is 2. The number of terminal acetylenes is 1. The Kier molecular flexibility index (Phi) is 3.80. The fourth-order valence-corrected chi connectivity index (χ4v) is 3.14. The zero-order valence-corrected chi connectivity index (χ0v) is 14.8. The Morgan fingerprint density at radius 1 is 1.11 bits per heavy atom. The van der Waals surface area contributed by atoms with Gasteiger partial charge in [0.25, 0.3) is 0 Å². The second-order valence-electron chi connectivity index (χ2n) is 6.25. The summed E-state index contributed by atoms with van der Waals surface area (Å²) in [7, 11) is 0. The molecule has 0 atom stereocenters. The Bertz CT molecular complexity index is 1230. The molecule has 5 rings (SSSR count). The van der Waals surface area contributed by atoms with Crippen molar-refractivity contribution in [3.05, 3.63) is 66.1 Å². The number of rotatable bonds is 4. The van der Waals surface area contributed by atoms with Crippen LogP contribution in [0.5, 0.6) is 11.5 Å². The lowest BCUT2D eigenvalue weighted by Gasteiger charge is -2.08. The monoisotopic (exact) mass is 369 g/mol. The summed E-state index contributed by atoms with van der Waals surface area (Å²) in [4.78, 5) is 8.77. The summed E-state index contributed by atoms with van der Waals surface area (Å²) in [6.45, 7) is 0.847. The summed E-state index contributed by atoms with van der Waals surface area (Å²) < 4.78 is 12.5. The molecule has 3 heterocycles.